The van der Waals surface area contributed by atoms with Crippen molar-refractivity contribution in [2.75, 3.05) is 6.54 Å². The molecule has 1 heterocycles. The third-order valence-corrected chi connectivity index (χ3v) is 4.87. The number of urea groups is 1. The zero-order valence-corrected chi connectivity index (χ0v) is 13.6. The van der Waals surface area contributed by atoms with Crippen LogP contribution in [0.4, 0.5) is 4.79 Å². The van der Waals surface area contributed by atoms with Gasteiger partial charge >= 0.3 is 6.03 Å². The molecule has 2 aliphatic carbocycles. The van der Waals surface area contributed by atoms with Gasteiger partial charge in [0.1, 0.15) is 12.1 Å². The summed E-state index contributed by atoms with van der Waals surface area (Å²) in [6, 6.07) is -0.197. The van der Waals surface area contributed by atoms with Crippen LogP contribution in [0.15, 0.2) is 0 Å². The smallest absolute Gasteiger partial charge is 0.325 e. The van der Waals surface area contributed by atoms with Crippen LogP contribution in [0.5, 0.6) is 0 Å². The molecule has 0 radical (unpaired) electrons. The number of hydrogen-bond donors (Lipinski definition) is 2. The molecule has 2 saturated carbocycles. The topological polar surface area (TPSA) is 78.5 Å². The van der Waals surface area contributed by atoms with Crippen molar-refractivity contribution in [1.82, 2.24) is 15.5 Å². The van der Waals surface area contributed by atoms with E-state index in [2.05, 4.69) is 31.4 Å². The summed E-state index contributed by atoms with van der Waals surface area (Å²) in [6.45, 7) is 6.21. The van der Waals surface area contributed by atoms with Gasteiger partial charge in [-0.2, -0.15) is 0 Å². The highest BCUT2D eigenvalue weighted by molar-refractivity contribution is 6.09. The van der Waals surface area contributed by atoms with Gasteiger partial charge < -0.3 is 10.6 Å². The van der Waals surface area contributed by atoms with Crippen molar-refractivity contribution in [1.29, 1.82) is 0 Å². The van der Waals surface area contributed by atoms with E-state index in [-0.39, 0.29) is 29.8 Å². The molecule has 3 rings (SSSR count). The zero-order chi connectivity index (χ0) is 16.1. The number of nitrogens with one attached hydrogen (secondary N) is 2. The van der Waals surface area contributed by atoms with Crippen molar-refractivity contribution in [2.45, 2.75) is 64.5 Å². The number of imide groups is 1. The molecule has 6 heteroatoms. The minimum Gasteiger partial charge on any atom is -0.352 e. The Balaban J connectivity index is 1.73. The van der Waals surface area contributed by atoms with Gasteiger partial charge in [0, 0.05) is 6.04 Å². The van der Waals surface area contributed by atoms with Crippen LogP contribution in [0, 0.1) is 11.3 Å². The summed E-state index contributed by atoms with van der Waals surface area (Å²) in [5.41, 5.74) is -0.814. The predicted molar refractivity (Wildman–Crippen MR) is 80.9 cm³/mol. The second-order valence-corrected chi connectivity index (χ2v) is 8.10. The van der Waals surface area contributed by atoms with Crippen LogP contribution in [0.3, 0.4) is 0 Å². The van der Waals surface area contributed by atoms with Gasteiger partial charge in [0.15, 0.2) is 0 Å². The molecule has 0 bridgehead atoms. The second kappa shape index (κ2) is 4.96. The summed E-state index contributed by atoms with van der Waals surface area (Å²) in [7, 11) is 0. The quantitative estimate of drug-likeness (QED) is 0.774. The van der Waals surface area contributed by atoms with E-state index in [1.807, 2.05) is 0 Å². The summed E-state index contributed by atoms with van der Waals surface area (Å²) in [6.07, 6.45) is 4.31. The lowest BCUT2D eigenvalue weighted by Gasteiger charge is -2.43. The first-order valence-corrected chi connectivity index (χ1v) is 8.14. The number of carbonyl (C=O) groups excluding carboxylic acids is 3. The molecule has 22 heavy (non-hydrogen) atoms. The Labute approximate surface area is 131 Å². The Kier molecular flexibility index (Phi) is 3.45. The number of amides is 4. The Morgan fingerprint density at radius 2 is 2.00 bits per heavy atom. The monoisotopic (exact) mass is 307 g/mol. The average molecular weight is 307 g/mol. The first-order chi connectivity index (χ1) is 10.2. The number of rotatable bonds is 3. The van der Waals surface area contributed by atoms with Crippen LogP contribution in [-0.2, 0) is 9.59 Å². The molecule has 122 valence electrons. The van der Waals surface area contributed by atoms with Gasteiger partial charge in [-0.25, -0.2) is 4.79 Å². The third-order valence-electron chi connectivity index (χ3n) is 4.87. The van der Waals surface area contributed by atoms with E-state index in [4.69, 9.17) is 0 Å². The number of carbonyl (C=O) groups is 3. The molecule has 1 spiro atoms. The van der Waals surface area contributed by atoms with Crippen LogP contribution < -0.4 is 10.6 Å². The van der Waals surface area contributed by atoms with Crippen molar-refractivity contribution in [3.8, 4) is 0 Å². The Hall–Kier alpha value is -1.59. The van der Waals surface area contributed by atoms with E-state index in [0.29, 0.717) is 18.8 Å². The highest BCUT2D eigenvalue weighted by Gasteiger charge is 2.56. The molecule has 3 aliphatic rings. The van der Waals surface area contributed by atoms with Crippen molar-refractivity contribution in [2.24, 2.45) is 11.3 Å². The molecule has 3 fully saturated rings. The molecule has 0 aromatic carbocycles. The van der Waals surface area contributed by atoms with E-state index in [1.54, 1.807) is 0 Å². The van der Waals surface area contributed by atoms with Crippen LogP contribution in [-0.4, -0.2) is 40.9 Å². The predicted octanol–water partition coefficient (Wildman–Crippen LogP) is 1.40. The van der Waals surface area contributed by atoms with Gasteiger partial charge in [0.25, 0.3) is 5.91 Å². The molecule has 1 aliphatic heterocycles. The Morgan fingerprint density at radius 1 is 1.32 bits per heavy atom. The maximum Gasteiger partial charge on any atom is 0.325 e. The Morgan fingerprint density at radius 3 is 2.59 bits per heavy atom. The van der Waals surface area contributed by atoms with E-state index in [0.717, 1.165) is 24.2 Å². The zero-order valence-electron chi connectivity index (χ0n) is 13.6. The molecular formula is C16H25N3O3. The summed E-state index contributed by atoms with van der Waals surface area (Å²) in [4.78, 5) is 38.1. The molecule has 2 N–H and O–H groups in total. The summed E-state index contributed by atoms with van der Waals surface area (Å²) < 4.78 is 0. The van der Waals surface area contributed by atoms with Crippen LogP contribution >= 0.6 is 0 Å². The molecule has 0 aromatic rings. The number of hydrogen-bond acceptors (Lipinski definition) is 3. The van der Waals surface area contributed by atoms with Crippen molar-refractivity contribution in [3.05, 3.63) is 0 Å². The molecule has 1 saturated heterocycles. The number of nitrogens with zero attached hydrogens (tertiary/aromatic N) is 1. The molecular weight excluding hydrogens is 282 g/mol. The highest BCUT2D eigenvalue weighted by atomic mass is 16.2. The minimum absolute atomic E-state index is 0.00683. The first kappa shape index (κ1) is 15.3. The van der Waals surface area contributed by atoms with Crippen LogP contribution in [0.1, 0.15) is 52.9 Å². The second-order valence-electron chi connectivity index (χ2n) is 8.10. The summed E-state index contributed by atoms with van der Waals surface area (Å²) in [5.74, 6) is -0.109. The fourth-order valence-corrected chi connectivity index (χ4v) is 4.29. The van der Waals surface area contributed by atoms with Crippen molar-refractivity contribution < 1.29 is 14.4 Å². The average Bonchev–Trinajstić information content (AvgIpc) is 3.12. The van der Waals surface area contributed by atoms with E-state index in [9.17, 15) is 14.4 Å². The molecule has 0 aromatic heterocycles. The van der Waals surface area contributed by atoms with Crippen molar-refractivity contribution >= 4 is 17.8 Å². The lowest BCUT2D eigenvalue weighted by molar-refractivity contribution is -0.137. The maximum atomic E-state index is 12.8. The maximum absolute atomic E-state index is 12.8. The van der Waals surface area contributed by atoms with Crippen LogP contribution in [0.2, 0.25) is 0 Å². The van der Waals surface area contributed by atoms with Crippen LogP contribution in [0.25, 0.3) is 0 Å². The largest absolute Gasteiger partial charge is 0.352 e. The fraction of sp³-hybridized carbons (Fsp3) is 0.812. The summed E-state index contributed by atoms with van der Waals surface area (Å²) in [5, 5.41) is 5.71. The minimum atomic E-state index is -0.821. The Bertz CT molecular complexity index is 527. The molecule has 6 nitrogen and oxygen atoms in total. The highest BCUT2D eigenvalue weighted by Crippen LogP contribution is 2.46. The van der Waals surface area contributed by atoms with E-state index in [1.165, 1.54) is 0 Å². The SMILES string of the molecule is C[C@@H]1CC(C)(C)C[C@@]2(C1)NC(=O)N(CC(=O)NC1CC1)C2=O. The van der Waals surface area contributed by atoms with E-state index < -0.39 is 11.6 Å². The fourth-order valence-electron chi connectivity index (χ4n) is 4.29. The normalized spacial score (nSPS) is 34.0. The van der Waals surface area contributed by atoms with Gasteiger partial charge in [-0.05, 0) is 43.4 Å². The third kappa shape index (κ3) is 2.83. The standard InChI is InChI=1S/C16H25N3O3/c1-10-6-15(2,3)9-16(7-10)13(21)19(14(22)18-16)8-12(20)17-11-4-5-11/h10-11H,4-9H2,1-3H3,(H,17,20)(H,18,22)/t10-,16-/m1/s1. The molecule has 0 unspecified atom stereocenters. The molecule has 4 amide bonds. The van der Waals surface area contributed by atoms with Crippen molar-refractivity contribution in [3.63, 3.8) is 0 Å². The molecule has 2 atom stereocenters. The van der Waals surface area contributed by atoms with Gasteiger partial charge in [0.05, 0.1) is 0 Å². The van der Waals surface area contributed by atoms with E-state index >= 15 is 0 Å². The van der Waals surface area contributed by atoms with Gasteiger partial charge in [-0.3, -0.25) is 14.5 Å². The van der Waals surface area contributed by atoms with Gasteiger partial charge in [0.2, 0.25) is 5.91 Å². The van der Waals surface area contributed by atoms with Gasteiger partial charge in [-0.15, -0.1) is 0 Å². The summed E-state index contributed by atoms with van der Waals surface area (Å²) >= 11 is 0. The lowest BCUT2D eigenvalue weighted by atomic mass is 9.64. The van der Waals surface area contributed by atoms with Gasteiger partial charge in [-0.1, -0.05) is 20.8 Å². The first-order valence-electron chi connectivity index (χ1n) is 8.14. The lowest BCUT2D eigenvalue weighted by Crippen LogP contribution is -2.54.